The number of carbonyl (C=O) groups is 1. The molecule has 2 aliphatic heterocycles. The average Bonchev–Trinajstić information content (AvgIpc) is 3.36. The lowest BCUT2D eigenvalue weighted by Gasteiger charge is -2.35. The van der Waals surface area contributed by atoms with Gasteiger partial charge >= 0.3 is 11.8 Å². The number of ether oxygens (including phenoxy) is 1. The van der Waals surface area contributed by atoms with E-state index in [9.17, 15) is 9.18 Å². The zero-order valence-corrected chi connectivity index (χ0v) is 15.1. The summed E-state index contributed by atoms with van der Waals surface area (Å²) in [5, 5.41) is 7.81. The highest BCUT2D eigenvalue weighted by Gasteiger charge is 2.45. The summed E-state index contributed by atoms with van der Waals surface area (Å²) >= 11 is 0. The number of rotatable bonds is 2. The Morgan fingerprint density at radius 3 is 2.75 bits per heavy atom. The predicted molar refractivity (Wildman–Crippen MR) is 98.3 cm³/mol. The SMILES string of the molecule is O=C(c1nnc(-c2ccc(F)cc2)o1)N1CCC2(CCc3ccccc3O2)C1. The zero-order valence-electron chi connectivity index (χ0n) is 15.1. The number of nitrogens with zero attached hydrogens (tertiary/aromatic N) is 3. The second-order valence-electron chi connectivity index (χ2n) is 7.29. The summed E-state index contributed by atoms with van der Waals surface area (Å²) in [6.45, 7) is 1.07. The molecule has 0 bridgehead atoms. The smallest absolute Gasteiger partial charge is 0.311 e. The third kappa shape index (κ3) is 2.93. The number of hydrogen-bond acceptors (Lipinski definition) is 5. The van der Waals surface area contributed by atoms with E-state index in [0.717, 1.165) is 25.0 Å². The summed E-state index contributed by atoms with van der Waals surface area (Å²) in [7, 11) is 0. The first kappa shape index (κ1) is 16.9. The van der Waals surface area contributed by atoms with E-state index >= 15 is 0 Å². The minimum absolute atomic E-state index is 0.0624. The highest BCUT2D eigenvalue weighted by Crippen LogP contribution is 2.38. The van der Waals surface area contributed by atoms with Crippen LogP contribution in [0.5, 0.6) is 5.75 Å². The molecule has 0 radical (unpaired) electrons. The van der Waals surface area contributed by atoms with Gasteiger partial charge in [-0.1, -0.05) is 18.2 Å². The van der Waals surface area contributed by atoms with Gasteiger partial charge in [0.05, 0.1) is 6.54 Å². The van der Waals surface area contributed by atoms with Gasteiger partial charge in [0.2, 0.25) is 5.89 Å². The van der Waals surface area contributed by atoms with Gasteiger partial charge in [-0.3, -0.25) is 4.79 Å². The molecule has 0 aliphatic carbocycles. The number of likely N-dealkylation sites (tertiary alicyclic amines) is 1. The Morgan fingerprint density at radius 1 is 1.07 bits per heavy atom. The molecule has 2 aliphatic rings. The summed E-state index contributed by atoms with van der Waals surface area (Å²) in [6.07, 6.45) is 2.58. The van der Waals surface area contributed by atoms with Crippen molar-refractivity contribution >= 4 is 5.91 Å². The Hall–Kier alpha value is -3.22. The van der Waals surface area contributed by atoms with E-state index in [1.54, 1.807) is 4.90 Å². The Labute approximate surface area is 160 Å². The van der Waals surface area contributed by atoms with Crippen LogP contribution in [0.3, 0.4) is 0 Å². The molecule has 6 nitrogen and oxygen atoms in total. The minimum atomic E-state index is -0.357. The van der Waals surface area contributed by atoms with Crippen LogP contribution in [-0.2, 0) is 6.42 Å². The molecule has 3 heterocycles. The summed E-state index contributed by atoms with van der Waals surface area (Å²) < 4.78 is 24.9. The highest BCUT2D eigenvalue weighted by atomic mass is 19.1. The molecule has 1 atom stereocenters. The van der Waals surface area contributed by atoms with Gasteiger partial charge in [-0.05, 0) is 48.7 Å². The summed E-state index contributed by atoms with van der Waals surface area (Å²) in [5.74, 6) is 0.378. The van der Waals surface area contributed by atoms with Crippen LogP contribution < -0.4 is 4.74 Å². The molecule has 1 fully saturated rings. The minimum Gasteiger partial charge on any atom is -0.485 e. The number of fused-ring (bicyclic) bond motifs is 1. The Bertz CT molecular complexity index is 1030. The van der Waals surface area contributed by atoms with Crippen molar-refractivity contribution in [2.75, 3.05) is 13.1 Å². The number of halogens is 1. The van der Waals surface area contributed by atoms with E-state index in [1.807, 2.05) is 18.2 Å². The van der Waals surface area contributed by atoms with Crippen LogP contribution >= 0.6 is 0 Å². The fraction of sp³-hybridized carbons (Fsp3) is 0.286. The maximum Gasteiger partial charge on any atom is 0.311 e. The van der Waals surface area contributed by atoms with Crippen LogP contribution in [0.4, 0.5) is 4.39 Å². The van der Waals surface area contributed by atoms with E-state index in [0.29, 0.717) is 18.7 Å². The van der Waals surface area contributed by atoms with E-state index in [1.165, 1.54) is 29.8 Å². The second kappa shape index (κ2) is 6.44. The first-order valence-electron chi connectivity index (χ1n) is 9.28. The van der Waals surface area contributed by atoms with Crippen LogP contribution in [-0.4, -0.2) is 39.7 Å². The molecule has 7 heteroatoms. The standard InChI is InChI=1S/C21H18FN3O3/c22-16-7-5-15(6-8-16)18-23-24-19(27-18)20(26)25-12-11-21(13-25)10-9-14-3-1-2-4-17(14)28-21/h1-8H,9-13H2. The molecule has 1 aromatic heterocycles. The lowest BCUT2D eigenvalue weighted by Crippen LogP contribution is -2.43. The molecule has 5 rings (SSSR count). The molecular weight excluding hydrogens is 361 g/mol. The molecular formula is C21H18FN3O3. The molecule has 1 amide bonds. The molecule has 2 aromatic carbocycles. The predicted octanol–water partition coefficient (Wildman–Crippen LogP) is 3.49. The Morgan fingerprint density at radius 2 is 1.89 bits per heavy atom. The fourth-order valence-electron chi connectivity index (χ4n) is 3.92. The first-order chi connectivity index (χ1) is 13.6. The van der Waals surface area contributed by atoms with Crippen molar-refractivity contribution in [2.45, 2.75) is 24.9 Å². The normalized spacial score (nSPS) is 20.8. The van der Waals surface area contributed by atoms with Gasteiger partial charge in [-0.15, -0.1) is 10.2 Å². The maximum atomic E-state index is 13.1. The van der Waals surface area contributed by atoms with E-state index in [-0.39, 0.29) is 29.1 Å². The van der Waals surface area contributed by atoms with Gasteiger partial charge in [0, 0.05) is 18.5 Å². The Balaban J connectivity index is 1.32. The third-order valence-corrected chi connectivity index (χ3v) is 5.45. The van der Waals surface area contributed by atoms with Crippen LogP contribution in [0.15, 0.2) is 52.9 Å². The van der Waals surface area contributed by atoms with Crippen molar-refractivity contribution < 1.29 is 18.3 Å². The average molecular weight is 379 g/mol. The monoisotopic (exact) mass is 379 g/mol. The van der Waals surface area contributed by atoms with Crippen molar-refractivity contribution in [2.24, 2.45) is 0 Å². The number of amides is 1. The van der Waals surface area contributed by atoms with E-state index in [2.05, 4.69) is 16.3 Å². The molecule has 1 saturated heterocycles. The largest absolute Gasteiger partial charge is 0.485 e. The summed E-state index contributed by atoms with van der Waals surface area (Å²) in [4.78, 5) is 14.5. The van der Waals surface area contributed by atoms with E-state index in [4.69, 9.17) is 9.15 Å². The van der Waals surface area contributed by atoms with Gasteiger partial charge in [0.15, 0.2) is 0 Å². The molecule has 1 spiro atoms. The molecule has 0 N–H and O–H groups in total. The number of benzene rings is 2. The van der Waals surface area contributed by atoms with Crippen molar-refractivity contribution in [3.8, 4) is 17.2 Å². The number of carbonyl (C=O) groups excluding carboxylic acids is 1. The topological polar surface area (TPSA) is 68.5 Å². The molecule has 142 valence electrons. The van der Waals surface area contributed by atoms with Crippen molar-refractivity contribution in [3.63, 3.8) is 0 Å². The number of aryl methyl sites for hydroxylation is 1. The van der Waals surface area contributed by atoms with Crippen LogP contribution in [0, 0.1) is 5.82 Å². The van der Waals surface area contributed by atoms with Crippen molar-refractivity contribution in [1.82, 2.24) is 15.1 Å². The number of para-hydroxylation sites is 1. The van der Waals surface area contributed by atoms with Gasteiger partial charge in [-0.2, -0.15) is 0 Å². The molecule has 1 unspecified atom stereocenters. The third-order valence-electron chi connectivity index (χ3n) is 5.45. The molecule has 3 aromatic rings. The van der Waals surface area contributed by atoms with Gasteiger partial charge in [-0.25, -0.2) is 4.39 Å². The first-order valence-corrected chi connectivity index (χ1v) is 9.28. The van der Waals surface area contributed by atoms with E-state index < -0.39 is 0 Å². The fourth-order valence-corrected chi connectivity index (χ4v) is 3.92. The summed E-state index contributed by atoms with van der Waals surface area (Å²) in [6, 6.07) is 13.7. The lowest BCUT2D eigenvalue weighted by atomic mass is 9.90. The zero-order chi connectivity index (χ0) is 19.1. The lowest BCUT2D eigenvalue weighted by molar-refractivity contribution is 0.0470. The number of aromatic nitrogens is 2. The maximum absolute atomic E-state index is 13.1. The van der Waals surface area contributed by atoms with Crippen molar-refractivity contribution in [1.29, 1.82) is 0 Å². The van der Waals surface area contributed by atoms with Crippen molar-refractivity contribution in [3.05, 3.63) is 65.8 Å². The van der Waals surface area contributed by atoms with Crippen LogP contribution in [0.2, 0.25) is 0 Å². The highest BCUT2D eigenvalue weighted by molar-refractivity contribution is 5.90. The summed E-state index contributed by atoms with van der Waals surface area (Å²) in [5.41, 5.74) is 1.42. The second-order valence-corrected chi connectivity index (χ2v) is 7.29. The Kier molecular flexibility index (Phi) is 3.89. The van der Waals surface area contributed by atoms with Crippen LogP contribution in [0.25, 0.3) is 11.5 Å². The van der Waals surface area contributed by atoms with Gasteiger partial charge < -0.3 is 14.1 Å². The molecule has 28 heavy (non-hydrogen) atoms. The number of hydrogen-bond donors (Lipinski definition) is 0. The quantitative estimate of drug-likeness (QED) is 0.682. The van der Waals surface area contributed by atoms with Crippen LogP contribution in [0.1, 0.15) is 29.1 Å². The van der Waals surface area contributed by atoms with Gasteiger partial charge in [0.1, 0.15) is 17.2 Å². The van der Waals surface area contributed by atoms with Gasteiger partial charge in [0.25, 0.3) is 0 Å². The molecule has 0 saturated carbocycles.